The van der Waals surface area contributed by atoms with Crippen molar-refractivity contribution < 1.29 is 14.7 Å². The van der Waals surface area contributed by atoms with Gasteiger partial charge >= 0.3 is 5.97 Å². The molecule has 25 heavy (non-hydrogen) atoms. The van der Waals surface area contributed by atoms with Gasteiger partial charge in [0.05, 0.1) is 17.5 Å². The van der Waals surface area contributed by atoms with Crippen molar-refractivity contribution in [3.63, 3.8) is 0 Å². The standard InChI is InChI=1S/C16H19N5O4/c1-10-11(9-17-21(10)12-5-6-13(22)20-19-12)14(23)18-16(15(24)25)7-3-2-4-8-16/h5-6,9H,2-4,7-8H2,1H3,(H,18,23)(H,20,22)(H,24,25). The van der Waals surface area contributed by atoms with E-state index in [1.165, 1.54) is 23.0 Å². The fraction of sp³-hybridized carbons (Fsp3) is 0.438. The van der Waals surface area contributed by atoms with Crippen LogP contribution in [0.5, 0.6) is 0 Å². The largest absolute Gasteiger partial charge is 0.480 e. The van der Waals surface area contributed by atoms with Crippen LogP contribution in [0.4, 0.5) is 0 Å². The number of aromatic amines is 1. The van der Waals surface area contributed by atoms with Crippen molar-refractivity contribution in [1.29, 1.82) is 0 Å². The topological polar surface area (TPSA) is 130 Å². The number of rotatable bonds is 4. The monoisotopic (exact) mass is 345 g/mol. The molecule has 3 rings (SSSR count). The first-order valence-corrected chi connectivity index (χ1v) is 8.10. The van der Waals surface area contributed by atoms with Crippen LogP contribution >= 0.6 is 0 Å². The molecule has 1 aliphatic carbocycles. The van der Waals surface area contributed by atoms with Crippen LogP contribution in [0, 0.1) is 6.92 Å². The van der Waals surface area contributed by atoms with E-state index >= 15 is 0 Å². The van der Waals surface area contributed by atoms with Crippen LogP contribution in [0.3, 0.4) is 0 Å². The first-order chi connectivity index (χ1) is 11.9. The van der Waals surface area contributed by atoms with Crippen LogP contribution in [0.15, 0.2) is 23.1 Å². The van der Waals surface area contributed by atoms with Gasteiger partial charge < -0.3 is 10.4 Å². The summed E-state index contributed by atoms with van der Waals surface area (Å²) in [6, 6.07) is 2.80. The number of aromatic nitrogens is 4. The van der Waals surface area contributed by atoms with Gasteiger partial charge in [-0.15, -0.1) is 0 Å². The zero-order valence-corrected chi connectivity index (χ0v) is 13.8. The third-order valence-corrected chi connectivity index (χ3v) is 4.61. The summed E-state index contributed by atoms with van der Waals surface area (Å²) >= 11 is 0. The number of nitrogens with one attached hydrogen (secondary N) is 2. The Morgan fingerprint density at radius 2 is 2.00 bits per heavy atom. The zero-order valence-electron chi connectivity index (χ0n) is 13.8. The average Bonchev–Trinajstić information content (AvgIpc) is 2.98. The molecule has 132 valence electrons. The van der Waals surface area contributed by atoms with Crippen molar-refractivity contribution >= 4 is 11.9 Å². The average molecular weight is 345 g/mol. The van der Waals surface area contributed by atoms with Gasteiger partial charge in [-0.3, -0.25) is 9.59 Å². The molecule has 3 N–H and O–H groups in total. The Morgan fingerprint density at radius 1 is 1.28 bits per heavy atom. The molecule has 0 unspecified atom stereocenters. The molecule has 1 saturated carbocycles. The second-order valence-corrected chi connectivity index (χ2v) is 6.24. The van der Waals surface area contributed by atoms with Gasteiger partial charge in [-0.1, -0.05) is 19.3 Å². The fourth-order valence-corrected chi connectivity index (χ4v) is 3.15. The van der Waals surface area contributed by atoms with Crippen molar-refractivity contribution in [2.75, 3.05) is 0 Å². The predicted octanol–water partition coefficient (Wildman–Crippen LogP) is 0.781. The minimum Gasteiger partial charge on any atom is -0.480 e. The minimum atomic E-state index is -1.22. The molecule has 0 bridgehead atoms. The smallest absolute Gasteiger partial charge is 0.329 e. The summed E-state index contributed by atoms with van der Waals surface area (Å²) in [4.78, 5) is 35.4. The zero-order chi connectivity index (χ0) is 18.0. The van der Waals surface area contributed by atoms with E-state index in [4.69, 9.17) is 0 Å². The number of carboxylic acid groups (broad SMARTS) is 1. The first kappa shape index (κ1) is 16.9. The van der Waals surface area contributed by atoms with Gasteiger partial charge in [0.2, 0.25) is 0 Å². The lowest BCUT2D eigenvalue weighted by atomic mass is 9.81. The van der Waals surface area contributed by atoms with Gasteiger partial charge in [0.15, 0.2) is 5.82 Å². The molecule has 2 aromatic heterocycles. The van der Waals surface area contributed by atoms with Gasteiger partial charge in [0.1, 0.15) is 5.54 Å². The van der Waals surface area contributed by atoms with Crippen molar-refractivity contribution in [2.24, 2.45) is 0 Å². The molecule has 1 aliphatic rings. The molecule has 0 aromatic carbocycles. The highest BCUT2D eigenvalue weighted by Crippen LogP contribution is 2.29. The number of amides is 1. The van der Waals surface area contributed by atoms with E-state index < -0.39 is 17.4 Å². The maximum atomic E-state index is 12.6. The van der Waals surface area contributed by atoms with E-state index in [-0.39, 0.29) is 11.1 Å². The molecule has 0 aliphatic heterocycles. The van der Waals surface area contributed by atoms with Crippen molar-refractivity contribution in [1.82, 2.24) is 25.3 Å². The summed E-state index contributed by atoms with van der Waals surface area (Å²) in [6.45, 7) is 1.68. The van der Waals surface area contributed by atoms with Crippen LogP contribution in [0.1, 0.15) is 48.2 Å². The van der Waals surface area contributed by atoms with Gasteiger partial charge in [0, 0.05) is 6.07 Å². The van der Waals surface area contributed by atoms with Gasteiger partial charge in [-0.05, 0) is 25.8 Å². The fourth-order valence-electron chi connectivity index (χ4n) is 3.15. The Kier molecular flexibility index (Phi) is 4.39. The van der Waals surface area contributed by atoms with Crippen LogP contribution in [-0.2, 0) is 4.79 Å². The molecule has 0 spiro atoms. The van der Waals surface area contributed by atoms with Crippen LogP contribution in [0.2, 0.25) is 0 Å². The van der Waals surface area contributed by atoms with Crippen LogP contribution in [0.25, 0.3) is 5.82 Å². The van der Waals surface area contributed by atoms with Crippen molar-refractivity contribution in [2.45, 2.75) is 44.6 Å². The summed E-state index contributed by atoms with van der Waals surface area (Å²) in [6.07, 6.45) is 4.72. The van der Waals surface area contributed by atoms with E-state index in [1.807, 2.05) is 0 Å². The second-order valence-electron chi connectivity index (χ2n) is 6.24. The Labute approximate surface area is 143 Å². The first-order valence-electron chi connectivity index (χ1n) is 8.10. The van der Waals surface area contributed by atoms with E-state index in [9.17, 15) is 19.5 Å². The summed E-state index contributed by atoms with van der Waals surface area (Å²) in [7, 11) is 0. The molecular weight excluding hydrogens is 326 g/mol. The summed E-state index contributed by atoms with van der Waals surface area (Å²) < 4.78 is 1.42. The summed E-state index contributed by atoms with van der Waals surface area (Å²) in [5.74, 6) is -1.12. The predicted molar refractivity (Wildman–Crippen MR) is 87.6 cm³/mol. The molecule has 9 nitrogen and oxygen atoms in total. The lowest BCUT2D eigenvalue weighted by Gasteiger charge is -2.33. The number of hydrogen-bond acceptors (Lipinski definition) is 5. The van der Waals surface area contributed by atoms with E-state index in [1.54, 1.807) is 6.92 Å². The number of H-pyrrole nitrogens is 1. The normalized spacial score (nSPS) is 16.4. The van der Waals surface area contributed by atoms with Gasteiger partial charge in [-0.25, -0.2) is 14.6 Å². The summed E-state index contributed by atoms with van der Waals surface area (Å²) in [5, 5.41) is 22.6. The lowest BCUT2D eigenvalue weighted by molar-refractivity contribution is -0.145. The molecule has 1 fully saturated rings. The lowest BCUT2D eigenvalue weighted by Crippen LogP contribution is -2.55. The number of nitrogens with zero attached hydrogens (tertiary/aromatic N) is 3. The number of carboxylic acids is 1. The molecule has 9 heteroatoms. The molecule has 0 saturated heterocycles. The van der Waals surface area contributed by atoms with Crippen LogP contribution < -0.4 is 10.9 Å². The number of aliphatic carboxylic acids is 1. The summed E-state index contributed by atoms with van der Waals surface area (Å²) in [5.41, 5.74) is -0.778. The second kappa shape index (κ2) is 6.50. The molecule has 2 aromatic rings. The quantitative estimate of drug-likeness (QED) is 0.751. The highest BCUT2D eigenvalue weighted by atomic mass is 16.4. The highest BCUT2D eigenvalue weighted by molar-refractivity contribution is 5.98. The maximum Gasteiger partial charge on any atom is 0.329 e. The number of hydrogen-bond donors (Lipinski definition) is 3. The Hall–Kier alpha value is -2.97. The molecule has 0 radical (unpaired) electrons. The molecule has 1 amide bonds. The van der Waals surface area contributed by atoms with Gasteiger partial charge in [0.25, 0.3) is 11.5 Å². The van der Waals surface area contributed by atoms with E-state index in [2.05, 4.69) is 20.6 Å². The van der Waals surface area contributed by atoms with E-state index in [0.29, 0.717) is 24.4 Å². The molecule has 2 heterocycles. The third kappa shape index (κ3) is 3.17. The molecular formula is C16H19N5O4. The number of carbonyl (C=O) groups excluding carboxylic acids is 1. The number of carbonyl (C=O) groups is 2. The maximum absolute atomic E-state index is 12.6. The van der Waals surface area contributed by atoms with Crippen molar-refractivity contribution in [3.8, 4) is 5.82 Å². The Morgan fingerprint density at radius 3 is 2.60 bits per heavy atom. The SMILES string of the molecule is Cc1c(C(=O)NC2(C(=O)O)CCCCC2)cnn1-c1ccc(=O)[nH]n1. The van der Waals surface area contributed by atoms with Gasteiger partial charge in [-0.2, -0.15) is 10.2 Å². The third-order valence-electron chi connectivity index (χ3n) is 4.61. The highest BCUT2D eigenvalue weighted by Gasteiger charge is 2.41. The van der Waals surface area contributed by atoms with Crippen LogP contribution in [-0.4, -0.2) is 42.5 Å². The van der Waals surface area contributed by atoms with E-state index in [0.717, 1.165) is 19.3 Å². The Balaban J connectivity index is 1.87. The molecule has 0 atom stereocenters. The Bertz CT molecular complexity index is 843. The minimum absolute atomic E-state index is 0.277. The van der Waals surface area contributed by atoms with Crippen molar-refractivity contribution in [3.05, 3.63) is 39.9 Å².